The number of allylic oxidation sites excluding steroid dienone is 2. The first-order chi connectivity index (χ1) is 9.33. The van der Waals surface area contributed by atoms with E-state index in [1.807, 2.05) is 18.2 Å². The molecule has 0 aromatic heterocycles. The molecular weight excluding hydrogens is 348 g/mol. The Balaban J connectivity index is 0.00000147. The molecule has 1 aliphatic carbocycles. The second-order valence-electron chi connectivity index (χ2n) is 5.02. The molecule has 22 heavy (non-hydrogen) atoms. The summed E-state index contributed by atoms with van der Waals surface area (Å²) in [5.41, 5.74) is 5.37. The van der Waals surface area contributed by atoms with Crippen LogP contribution in [0.4, 0.5) is 0 Å². The van der Waals surface area contributed by atoms with Crippen LogP contribution in [0, 0.1) is 7.43 Å². The molecule has 112 valence electrons. The van der Waals surface area contributed by atoms with Gasteiger partial charge in [-0.15, -0.1) is 0 Å². The van der Waals surface area contributed by atoms with Crippen LogP contribution in [0.3, 0.4) is 0 Å². The topological polar surface area (TPSA) is 9.23 Å². The molecule has 0 radical (unpaired) electrons. The minimum Gasteiger partial charge on any atom is -1.00 e. The molecule has 2 aromatic rings. The molecule has 0 amide bonds. The summed E-state index contributed by atoms with van der Waals surface area (Å²) in [5, 5.41) is 0. The Morgan fingerprint density at radius 1 is 1.05 bits per heavy atom. The Bertz CT molecular complexity index is 608. The first kappa shape index (κ1) is 21.2. The number of ether oxygens (including phenoxy) is 1. The number of aryl methyl sites for hydroxylation is 1. The average Bonchev–Trinajstić information content (AvgIpc) is 2.46. The zero-order valence-corrected chi connectivity index (χ0v) is 16.3. The van der Waals surface area contributed by atoms with Crippen LogP contribution in [-0.2, 0) is 13.0 Å². The normalized spacial score (nSPS) is 11.8. The molecule has 3 heteroatoms. The summed E-state index contributed by atoms with van der Waals surface area (Å²) < 4.78 is 5.87. The van der Waals surface area contributed by atoms with E-state index in [1.165, 1.54) is 22.3 Å². The molecule has 1 nitrogen and oxygen atoms in total. The Kier molecular flexibility index (Phi) is 9.73. The number of benzene rings is 2. The molecule has 1 aliphatic rings. The van der Waals surface area contributed by atoms with Crippen LogP contribution < -0.4 is 21.7 Å². The monoisotopic (exact) mass is 368 g/mol. The van der Waals surface area contributed by atoms with Crippen molar-refractivity contribution >= 4 is 28.6 Å². The third-order valence-electron chi connectivity index (χ3n) is 3.61. The van der Waals surface area contributed by atoms with Gasteiger partial charge in [0, 0.05) is 0 Å². The van der Waals surface area contributed by atoms with E-state index in [0.29, 0.717) is 6.61 Å². The van der Waals surface area contributed by atoms with Gasteiger partial charge in [-0.2, -0.15) is 0 Å². The minimum absolute atomic E-state index is 0. The van der Waals surface area contributed by atoms with E-state index in [0.717, 1.165) is 18.6 Å². The van der Waals surface area contributed by atoms with E-state index in [-0.39, 0.29) is 47.5 Å². The Morgan fingerprint density at radius 2 is 1.77 bits per heavy atom. The van der Waals surface area contributed by atoms with Crippen LogP contribution in [0.2, 0.25) is 0 Å². The van der Waals surface area contributed by atoms with Crippen LogP contribution in [-0.4, -0.2) is 23.1 Å². The molecule has 0 fully saturated rings. The van der Waals surface area contributed by atoms with Gasteiger partial charge in [-0.3, -0.25) is 0 Å². The van der Waals surface area contributed by atoms with Crippen molar-refractivity contribution in [3.8, 4) is 5.75 Å². The van der Waals surface area contributed by atoms with Gasteiger partial charge in [-0.1, -0.05) is 42.5 Å². The van der Waals surface area contributed by atoms with Gasteiger partial charge in [-0.25, -0.2) is 0 Å². The van der Waals surface area contributed by atoms with Crippen molar-refractivity contribution in [1.82, 2.24) is 0 Å². The van der Waals surface area contributed by atoms with Crippen molar-refractivity contribution in [2.24, 2.45) is 0 Å². The van der Waals surface area contributed by atoms with E-state index in [1.54, 1.807) is 0 Å². The van der Waals surface area contributed by atoms with Gasteiger partial charge < -0.3 is 29.1 Å². The van der Waals surface area contributed by atoms with Crippen molar-refractivity contribution < 1.29 is 21.7 Å². The standard InChI is InChI=1S/C18H18O.CH3.BrH.Mg/c1-14-6-5-9-16-12-17(10-11-18(14)16)19-13-15-7-3-2-4-8-15;;;/h2-4,6-8,10-12H,5,9,13H2,1H3;1H3;1H;/q;-1;;+2/p-1. The first-order valence-electron chi connectivity index (χ1n) is 6.80. The third-order valence-corrected chi connectivity index (χ3v) is 3.61. The predicted molar refractivity (Wildman–Crippen MR) is 91.4 cm³/mol. The average molecular weight is 370 g/mol. The van der Waals surface area contributed by atoms with Crippen LogP contribution in [0.15, 0.2) is 54.6 Å². The molecule has 2 aromatic carbocycles. The van der Waals surface area contributed by atoms with Crippen molar-refractivity contribution in [2.75, 3.05) is 0 Å². The van der Waals surface area contributed by atoms with E-state index in [4.69, 9.17) is 4.74 Å². The maximum absolute atomic E-state index is 5.87. The fourth-order valence-corrected chi connectivity index (χ4v) is 2.55. The van der Waals surface area contributed by atoms with E-state index in [9.17, 15) is 0 Å². The molecule has 0 unspecified atom stereocenters. The van der Waals surface area contributed by atoms with Crippen molar-refractivity contribution in [2.45, 2.75) is 26.4 Å². The van der Waals surface area contributed by atoms with Gasteiger partial charge in [0.25, 0.3) is 0 Å². The molecule has 0 bridgehead atoms. The maximum Gasteiger partial charge on any atom is 2.00 e. The van der Waals surface area contributed by atoms with E-state index < -0.39 is 0 Å². The molecule has 0 N–H and O–H groups in total. The molecule has 0 saturated carbocycles. The molecule has 0 heterocycles. The van der Waals surface area contributed by atoms with Gasteiger partial charge in [0.2, 0.25) is 0 Å². The minimum atomic E-state index is 0. The second kappa shape index (κ2) is 10.1. The SMILES string of the molecule is CC1=CCCc2cc(OCc3ccccc3)ccc21.[Br-].[CH3-].[Mg+2]. The molecule has 0 saturated heterocycles. The van der Waals surface area contributed by atoms with Gasteiger partial charge >= 0.3 is 23.1 Å². The van der Waals surface area contributed by atoms with E-state index in [2.05, 4.69) is 43.3 Å². The zero-order chi connectivity index (χ0) is 13.1. The van der Waals surface area contributed by atoms with Crippen LogP contribution in [0.5, 0.6) is 5.75 Å². The fourth-order valence-electron chi connectivity index (χ4n) is 2.55. The molecule has 0 aliphatic heterocycles. The molecule has 0 atom stereocenters. The van der Waals surface area contributed by atoms with Gasteiger partial charge in [0.1, 0.15) is 12.4 Å². The number of fused-ring (bicyclic) bond motifs is 1. The van der Waals surface area contributed by atoms with Crippen molar-refractivity contribution in [3.05, 3.63) is 78.7 Å². The Labute approximate surface area is 160 Å². The zero-order valence-electron chi connectivity index (χ0n) is 13.3. The second-order valence-corrected chi connectivity index (χ2v) is 5.02. The number of rotatable bonds is 3. The summed E-state index contributed by atoms with van der Waals surface area (Å²) in [5.74, 6) is 0.970. The van der Waals surface area contributed by atoms with Crippen LogP contribution >= 0.6 is 0 Å². The first-order valence-corrected chi connectivity index (χ1v) is 6.80. The summed E-state index contributed by atoms with van der Waals surface area (Å²) in [6.07, 6.45) is 4.57. The summed E-state index contributed by atoms with van der Waals surface area (Å²) in [4.78, 5) is 0. The third kappa shape index (κ3) is 5.15. The Morgan fingerprint density at radius 3 is 2.50 bits per heavy atom. The van der Waals surface area contributed by atoms with E-state index >= 15 is 0 Å². The molecule has 0 spiro atoms. The van der Waals surface area contributed by atoms with Gasteiger partial charge in [0.05, 0.1) is 0 Å². The summed E-state index contributed by atoms with van der Waals surface area (Å²) in [7, 11) is 0. The largest absolute Gasteiger partial charge is 2.00 e. The quantitative estimate of drug-likeness (QED) is 0.591. The summed E-state index contributed by atoms with van der Waals surface area (Å²) in [6, 6.07) is 16.7. The smallest absolute Gasteiger partial charge is 1.00 e. The summed E-state index contributed by atoms with van der Waals surface area (Å²) >= 11 is 0. The fraction of sp³-hybridized carbons (Fsp3) is 0.211. The van der Waals surface area contributed by atoms with Crippen LogP contribution in [0.1, 0.15) is 30.0 Å². The predicted octanol–water partition coefficient (Wildman–Crippen LogP) is 1.69. The number of halogens is 1. The summed E-state index contributed by atoms with van der Waals surface area (Å²) in [6.45, 7) is 2.82. The maximum atomic E-state index is 5.87. The molecule has 3 rings (SSSR count). The molecular formula is C19H21BrMgO. The number of hydrogen-bond donors (Lipinski definition) is 0. The van der Waals surface area contributed by atoms with Gasteiger partial charge in [-0.05, 0) is 54.2 Å². The van der Waals surface area contributed by atoms with Crippen LogP contribution in [0.25, 0.3) is 5.57 Å². The van der Waals surface area contributed by atoms with Gasteiger partial charge in [0.15, 0.2) is 0 Å². The number of hydrogen-bond acceptors (Lipinski definition) is 1. The Hall–Kier alpha value is -0.774. The van der Waals surface area contributed by atoms with Crippen molar-refractivity contribution in [3.63, 3.8) is 0 Å². The van der Waals surface area contributed by atoms with Crippen molar-refractivity contribution in [1.29, 1.82) is 0 Å².